The predicted octanol–water partition coefficient (Wildman–Crippen LogP) is 4.51. The Kier molecular flexibility index (Phi) is 3.58. The van der Waals surface area contributed by atoms with Gasteiger partial charge in [0.2, 0.25) is 6.04 Å². The summed E-state index contributed by atoms with van der Waals surface area (Å²) in [5, 5.41) is 13.0. The number of rotatable bonds is 3. The first-order chi connectivity index (χ1) is 11.3. The summed E-state index contributed by atoms with van der Waals surface area (Å²) >= 11 is 0. The van der Waals surface area contributed by atoms with E-state index in [0.717, 1.165) is 23.9 Å². The van der Waals surface area contributed by atoms with Crippen molar-refractivity contribution in [1.82, 2.24) is 0 Å². The molecule has 3 aromatic carbocycles. The van der Waals surface area contributed by atoms with E-state index < -0.39 is 0 Å². The fraction of sp³-hybridized carbons (Fsp3) is 0.190. The number of aromatic hydroxyl groups is 1. The van der Waals surface area contributed by atoms with E-state index in [1.165, 1.54) is 17.4 Å². The number of nitrogens with zero attached hydrogens (tertiary/aromatic N) is 1. The molecule has 1 aliphatic rings. The van der Waals surface area contributed by atoms with E-state index in [1.807, 2.05) is 30.3 Å². The molecule has 0 aliphatic carbocycles. The molecule has 0 spiro atoms. The molecule has 0 bridgehead atoms. The Morgan fingerprint density at radius 3 is 2.43 bits per heavy atom. The van der Waals surface area contributed by atoms with Gasteiger partial charge in [-0.1, -0.05) is 60.7 Å². The van der Waals surface area contributed by atoms with Gasteiger partial charge in [0.1, 0.15) is 18.5 Å². The summed E-state index contributed by atoms with van der Waals surface area (Å²) < 4.78 is 2.37. The fourth-order valence-electron chi connectivity index (χ4n) is 3.59. The van der Waals surface area contributed by atoms with Gasteiger partial charge in [-0.15, -0.1) is 0 Å². The van der Waals surface area contributed by atoms with Crippen molar-refractivity contribution in [3.63, 3.8) is 0 Å². The van der Waals surface area contributed by atoms with Crippen LogP contribution in [0.3, 0.4) is 0 Å². The SMILES string of the molecule is Oc1ccc2ccccc2c1C(c1ccccc1)[N+]1=CCCC1. The summed E-state index contributed by atoms with van der Waals surface area (Å²) in [6, 6.07) is 22.7. The summed E-state index contributed by atoms with van der Waals surface area (Å²) in [7, 11) is 0. The fourth-order valence-corrected chi connectivity index (χ4v) is 3.59. The van der Waals surface area contributed by atoms with Crippen LogP contribution in [0.1, 0.15) is 30.0 Å². The van der Waals surface area contributed by atoms with Crippen molar-refractivity contribution in [1.29, 1.82) is 0 Å². The predicted molar refractivity (Wildman–Crippen MR) is 94.3 cm³/mol. The quantitative estimate of drug-likeness (QED) is 0.707. The number of hydrogen-bond donors (Lipinski definition) is 1. The van der Waals surface area contributed by atoms with E-state index in [-0.39, 0.29) is 6.04 Å². The maximum Gasteiger partial charge on any atom is 0.207 e. The first-order valence-corrected chi connectivity index (χ1v) is 8.19. The molecule has 0 saturated carbocycles. The van der Waals surface area contributed by atoms with Gasteiger partial charge in [-0.2, -0.15) is 0 Å². The molecule has 1 N–H and O–H groups in total. The number of hydrogen-bond acceptors (Lipinski definition) is 1. The number of phenolic OH excluding ortho intramolecular Hbond substituents is 1. The molecule has 23 heavy (non-hydrogen) atoms. The van der Waals surface area contributed by atoms with Crippen LogP contribution in [0, 0.1) is 0 Å². The second-order valence-corrected chi connectivity index (χ2v) is 6.10. The Morgan fingerprint density at radius 1 is 0.870 bits per heavy atom. The summed E-state index contributed by atoms with van der Waals surface area (Å²) in [5.41, 5.74) is 2.23. The minimum Gasteiger partial charge on any atom is -0.507 e. The van der Waals surface area contributed by atoms with Gasteiger partial charge in [-0.05, 0) is 16.8 Å². The van der Waals surface area contributed by atoms with Crippen LogP contribution in [-0.2, 0) is 0 Å². The summed E-state index contributed by atoms with van der Waals surface area (Å²) in [6.07, 6.45) is 4.56. The van der Waals surface area contributed by atoms with Crippen molar-refractivity contribution in [2.24, 2.45) is 0 Å². The zero-order chi connectivity index (χ0) is 15.6. The lowest BCUT2D eigenvalue weighted by molar-refractivity contribution is -0.550. The lowest BCUT2D eigenvalue weighted by Crippen LogP contribution is -2.19. The van der Waals surface area contributed by atoms with Gasteiger partial charge in [0.15, 0.2) is 0 Å². The molecule has 1 atom stereocenters. The highest BCUT2D eigenvalue weighted by Gasteiger charge is 2.31. The van der Waals surface area contributed by atoms with E-state index in [0.29, 0.717) is 5.75 Å². The van der Waals surface area contributed by atoms with Gasteiger partial charge in [0.25, 0.3) is 0 Å². The highest BCUT2D eigenvalue weighted by atomic mass is 16.3. The van der Waals surface area contributed by atoms with E-state index in [1.54, 1.807) is 0 Å². The molecule has 0 fully saturated rings. The molecule has 1 aliphatic heterocycles. The molecule has 1 unspecified atom stereocenters. The molecular formula is C21H20NO+. The average Bonchev–Trinajstić information content (AvgIpc) is 3.12. The first-order valence-electron chi connectivity index (χ1n) is 8.19. The minimum absolute atomic E-state index is 0.0600. The van der Waals surface area contributed by atoms with Crippen LogP contribution in [0.4, 0.5) is 0 Å². The number of fused-ring (bicyclic) bond motifs is 1. The van der Waals surface area contributed by atoms with Crippen LogP contribution >= 0.6 is 0 Å². The van der Waals surface area contributed by atoms with Crippen LogP contribution in [-0.4, -0.2) is 22.4 Å². The van der Waals surface area contributed by atoms with Gasteiger partial charge in [0.05, 0.1) is 5.56 Å². The number of phenols is 1. The smallest absolute Gasteiger partial charge is 0.207 e. The maximum atomic E-state index is 10.7. The molecular weight excluding hydrogens is 282 g/mol. The Labute approximate surface area is 136 Å². The lowest BCUT2D eigenvalue weighted by Gasteiger charge is -2.18. The van der Waals surface area contributed by atoms with Crippen LogP contribution in [0.15, 0.2) is 66.7 Å². The van der Waals surface area contributed by atoms with Crippen LogP contribution in [0.2, 0.25) is 0 Å². The van der Waals surface area contributed by atoms with E-state index in [9.17, 15) is 5.11 Å². The molecule has 4 rings (SSSR count). The van der Waals surface area contributed by atoms with Crippen molar-refractivity contribution in [3.8, 4) is 5.75 Å². The monoisotopic (exact) mass is 302 g/mol. The molecule has 3 aromatic rings. The molecule has 2 heteroatoms. The van der Waals surface area contributed by atoms with Crippen LogP contribution in [0.25, 0.3) is 10.8 Å². The van der Waals surface area contributed by atoms with Gasteiger partial charge < -0.3 is 5.11 Å². The van der Waals surface area contributed by atoms with Crippen LogP contribution < -0.4 is 0 Å². The maximum absolute atomic E-state index is 10.7. The second-order valence-electron chi connectivity index (χ2n) is 6.10. The van der Waals surface area contributed by atoms with Gasteiger partial charge in [-0.3, -0.25) is 0 Å². The standard InChI is InChI=1S/C21H19NO/c23-19-13-12-16-8-4-5-11-18(16)20(19)21(22-14-6-7-15-22)17-9-2-1-3-10-17/h1-5,8-14,21H,6-7,15H2/p+1. The summed E-state index contributed by atoms with van der Waals surface area (Å²) in [6.45, 7) is 1.03. The molecule has 0 radical (unpaired) electrons. The Bertz CT molecular complexity index is 867. The summed E-state index contributed by atoms with van der Waals surface area (Å²) in [4.78, 5) is 0. The third-order valence-electron chi connectivity index (χ3n) is 4.65. The lowest BCUT2D eigenvalue weighted by atomic mass is 9.92. The highest BCUT2D eigenvalue weighted by Crippen LogP contribution is 2.38. The van der Waals surface area contributed by atoms with E-state index >= 15 is 0 Å². The summed E-state index contributed by atoms with van der Waals surface area (Å²) in [5.74, 6) is 0.373. The second kappa shape index (κ2) is 5.88. The first kappa shape index (κ1) is 14.0. The Hall–Kier alpha value is -2.61. The third-order valence-corrected chi connectivity index (χ3v) is 4.65. The van der Waals surface area contributed by atoms with Gasteiger partial charge in [-0.25, -0.2) is 4.58 Å². The van der Waals surface area contributed by atoms with Gasteiger partial charge >= 0.3 is 0 Å². The minimum atomic E-state index is 0.0600. The van der Waals surface area contributed by atoms with Crippen molar-refractivity contribution < 1.29 is 9.68 Å². The van der Waals surface area contributed by atoms with Crippen molar-refractivity contribution in [2.75, 3.05) is 6.54 Å². The van der Waals surface area contributed by atoms with Crippen molar-refractivity contribution in [3.05, 3.63) is 77.9 Å². The largest absolute Gasteiger partial charge is 0.507 e. The molecule has 0 amide bonds. The molecule has 1 heterocycles. The van der Waals surface area contributed by atoms with Crippen LogP contribution in [0.5, 0.6) is 5.75 Å². The molecule has 114 valence electrons. The van der Waals surface area contributed by atoms with E-state index in [2.05, 4.69) is 47.2 Å². The average molecular weight is 302 g/mol. The molecule has 0 saturated heterocycles. The van der Waals surface area contributed by atoms with Gasteiger partial charge in [0, 0.05) is 18.4 Å². The zero-order valence-corrected chi connectivity index (χ0v) is 13.0. The molecule has 2 nitrogen and oxygen atoms in total. The topological polar surface area (TPSA) is 23.2 Å². The van der Waals surface area contributed by atoms with E-state index in [4.69, 9.17) is 0 Å². The van der Waals surface area contributed by atoms with Crippen molar-refractivity contribution in [2.45, 2.75) is 18.9 Å². The zero-order valence-electron chi connectivity index (χ0n) is 13.0. The third kappa shape index (κ3) is 2.50. The molecule has 0 aromatic heterocycles. The Balaban J connectivity index is 1.99. The highest BCUT2D eigenvalue weighted by molar-refractivity contribution is 5.88. The normalized spacial score (nSPS) is 15.6. The Morgan fingerprint density at radius 2 is 1.65 bits per heavy atom. The van der Waals surface area contributed by atoms with Crippen molar-refractivity contribution >= 4 is 17.0 Å². The number of benzene rings is 3.